The normalized spacial score (nSPS) is 25.4. The zero-order valence-electron chi connectivity index (χ0n) is 11.5. The molecule has 0 aromatic heterocycles. The Bertz CT molecular complexity index is 293. The van der Waals surface area contributed by atoms with E-state index in [0.717, 1.165) is 18.6 Å². The fourth-order valence-electron chi connectivity index (χ4n) is 2.14. The highest BCUT2D eigenvalue weighted by Crippen LogP contribution is 2.25. The van der Waals surface area contributed by atoms with Crippen molar-refractivity contribution in [2.24, 2.45) is 16.9 Å². The third-order valence-corrected chi connectivity index (χ3v) is 2.96. The summed E-state index contributed by atoms with van der Waals surface area (Å²) in [5.41, 5.74) is 3.10. The molecule has 0 unspecified atom stereocenters. The molecule has 4 nitrogen and oxygen atoms in total. The van der Waals surface area contributed by atoms with E-state index < -0.39 is 11.7 Å². The molecule has 0 heterocycles. The van der Waals surface area contributed by atoms with Gasteiger partial charge in [0, 0.05) is 5.71 Å². The Morgan fingerprint density at radius 1 is 1.29 bits per heavy atom. The van der Waals surface area contributed by atoms with Crippen molar-refractivity contribution in [2.45, 2.75) is 59.5 Å². The summed E-state index contributed by atoms with van der Waals surface area (Å²) in [7, 11) is 0. The maximum atomic E-state index is 11.5. The molecule has 0 aliphatic heterocycles. The molecule has 17 heavy (non-hydrogen) atoms. The summed E-state index contributed by atoms with van der Waals surface area (Å²) >= 11 is 0. The second-order valence-electron chi connectivity index (χ2n) is 5.88. The van der Waals surface area contributed by atoms with Crippen molar-refractivity contribution in [3.05, 3.63) is 0 Å². The van der Waals surface area contributed by atoms with Crippen LogP contribution in [0, 0.1) is 11.8 Å². The molecule has 1 N–H and O–H groups in total. The first-order valence-electron chi connectivity index (χ1n) is 6.36. The predicted octanol–water partition coefficient (Wildman–Crippen LogP) is 3.32. The molecule has 98 valence electrons. The van der Waals surface area contributed by atoms with Crippen LogP contribution in [0.1, 0.15) is 53.9 Å². The van der Waals surface area contributed by atoms with E-state index in [1.165, 1.54) is 6.42 Å². The van der Waals surface area contributed by atoms with Crippen LogP contribution < -0.4 is 5.43 Å². The number of carbonyl (C=O) groups is 1. The number of rotatable bonds is 1. The molecule has 1 saturated carbocycles. The van der Waals surface area contributed by atoms with E-state index in [4.69, 9.17) is 4.74 Å². The average molecular weight is 240 g/mol. The molecule has 2 atom stereocenters. The maximum Gasteiger partial charge on any atom is 0.428 e. The first-order valence-corrected chi connectivity index (χ1v) is 6.36. The molecule has 0 aromatic rings. The third-order valence-electron chi connectivity index (χ3n) is 2.96. The first-order chi connectivity index (χ1) is 7.79. The van der Waals surface area contributed by atoms with Gasteiger partial charge in [0.05, 0.1) is 0 Å². The highest BCUT2D eigenvalue weighted by molar-refractivity contribution is 5.89. The molecule has 0 saturated heterocycles. The lowest BCUT2D eigenvalue weighted by molar-refractivity contribution is 0.0528. The Labute approximate surface area is 104 Å². The van der Waals surface area contributed by atoms with Gasteiger partial charge in [-0.05, 0) is 45.4 Å². The highest BCUT2D eigenvalue weighted by atomic mass is 16.6. The molecule has 0 spiro atoms. The summed E-state index contributed by atoms with van der Waals surface area (Å²) in [5, 5.41) is 4.22. The zero-order valence-corrected chi connectivity index (χ0v) is 11.5. The van der Waals surface area contributed by atoms with E-state index in [9.17, 15) is 4.79 Å². The van der Waals surface area contributed by atoms with Crippen molar-refractivity contribution in [3.63, 3.8) is 0 Å². The van der Waals surface area contributed by atoms with Crippen molar-refractivity contribution in [1.82, 2.24) is 5.43 Å². The van der Waals surface area contributed by atoms with Crippen LogP contribution in [0.5, 0.6) is 0 Å². The van der Waals surface area contributed by atoms with Crippen LogP contribution in [-0.4, -0.2) is 17.4 Å². The lowest BCUT2D eigenvalue weighted by atomic mass is 9.81. The minimum atomic E-state index is -0.478. The Kier molecular flexibility index (Phi) is 4.54. The van der Waals surface area contributed by atoms with E-state index in [1.807, 2.05) is 20.8 Å². The summed E-state index contributed by atoms with van der Waals surface area (Å²) in [6.07, 6.45) is 3.07. The number of hydrazone groups is 1. The van der Waals surface area contributed by atoms with Crippen LogP contribution in [-0.2, 0) is 4.74 Å². The number of amides is 1. The molecule has 1 amide bonds. The van der Waals surface area contributed by atoms with Crippen molar-refractivity contribution in [3.8, 4) is 0 Å². The Morgan fingerprint density at radius 3 is 2.29 bits per heavy atom. The number of hydrogen-bond acceptors (Lipinski definition) is 3. The van der Waals surface area contributed by atoms with Gasteiger partial charge in [0.15, 0.2) is 0 Å². The number of carbonyl (C=O) groups excluding carboxylic acids is 1. The van der Waals surface area contributed by atoms with Crippen molar-refractivity contribution >= 4 is 11.8 Å². The van der Waals surface area contributed by atoms with Gasteiger partial charge < -0.3 is 4.74 Å². The largest absolute Gasteiger partial charge is 0.443 e. The quantitative estimate of drug-likeness (QED) is 0.715. The molecule has 1 rings (SSSR count). The van der Waals surface area contributed by atoms with Crippen LogP contribution in [0.4, 0.5) is 4.79 Å². The fraction of sp³-hybridized carbons (Fsp3) is 0.846. The molecular formula is C13H24N2O2. The summed E-state index contributed by atoms with van der Waals surface area (Å²) in [6, 6.07) is 0. The van der Waals surface area contributed by atoms with Gasteiger partial charge >= 0.3 is 6.09 Å². The van der Waals surface area contributed by atoms with Gasteiger partial charge in [-0.2, -0.15) is 5.10 Å². The standard InChI is InChI=1S/C13H24N2O2/c1-9-7-6-8-10(2)11(9)14-15-12(16)17-13(3,4)5/h9-10H,6-8H2,1-5H3,(H,15,16)/t9-,10-/m0/s1. The Hall–Kier alpha value is -1.06. The summed E-state index contributed by atoms with van der Waals surface area (Å²) in [5.74, 6) is 0.905. The molecular weight excluding hydrogens is 216 g/mol. The van der Waals surface area contributed by atoms with Crippen LogP contribution in [0.15, 0.2) is 5.10 Å². The molecule has 4 heteroatoms. The van der Waals surface area contributed by atoms with E-state index in [0.29, 0.717) is 11.8 Å². The number of nitrogens with zero attached hydrogens (tertiary/aromatic N) is 1. The van der Waals surface area contributed by atoms with Gasteiger partial charge in [-0.3, -0.25) is 0 Å². The average Bonchev–Trinajstić information content (AvgIpc) is 2.14. The van der Waals surface area contributed by atoms with Gasteiger partial charge in [-0.1, -0.05) is 20.3 Å². The molecule has 1 aliphatic rings. The molecule has 0 radical (unpaired) electrons. The van der Waals surface area contributed by atoms with Gasteiger partial charge in [0.1, 0.15) is 5.60 Å². The summed E-state index contributed by atoms with van der Waals surface area (Å²) < 4.78 is 5.14. The molecule has 1 aliphatic carbocycles. The van der Waals surface area contributed by atoms with Gasteiger partial charge in [0.2, 0.25) is 0 Å². The van der Waals surface area contributed by atoms with Crippen molar-refractivity contribution in [2.75, 3.05) is 0 Å². The number of nitrogens with one attached hydrogen (secondary N) is 1. The topological polar surface area (TPSA) is 50.7 Å². The SMILES string of the molecule is C[C@H]1CCC[C@H](C)C1=NNC(=O)OC(C)(C)C. The van der Waals surface area contributed by atoms with E-state index in [2.05, 4.69) is 24.4 Å². The zero-order chi connectivity index (χ0) is 13.1. The summed E-state index contributed by atoms with van der Waals surface area (Å²) in [6.45, 7) is 9.83. The number of hydrogen-bond donors (Lipinski definition) is 1. The van der Waals surface area contributed by atoms with Crippen molar-refractivity contribution < 1.29 is 9.53 Å². The molecule has 0 aromatic carbocycles. The fourth-order valence-corrected chi connectivity index (χ4v) is 2.14. The van der Waals surface area contributed by atoms with Crippen LogP contribution >= 0.6 is 0 Å². The maximum absolute atomic E-state index is 11.5. The number of ether oxygens (including phenoxy) is 1. The first kappa shape index (κ1) is 14.0. The van der Waals surface area contributed by atoms with Crippen LogP contribution in [0.25, 0.3) is 0 Å². The summed E-state index contributed by atoms with van der Waals surface area (Å²) in [4.78, 5) is 11.5. The van der Waals surface area contributed by atoms with E-state index >= 15 is 0 Å². The van der Waals surface area contributed by atoms with Gasteiger partial charge in [-0.25, -0.2) is 10.2 Å². The lowest BCUT2D eigenvalue weighted by Gasteiger charge is -2.26. The monoisotopic (exact) mass is 240 g/mol. The molecule has 1 fully saturated rings. The van der Waals surface area contributed by atoms with Crippen LogP contribution in [0.3, 0.4) is 0 Å². The van der Waals surface area contributed by atoms with E-state index in [1.54, 1.807) is 0 Å². The van der Waals surface area contributed by atoms with Gasteiger partial charge in [0.25, 0.3) is 0 Å². The third kappa shape index (κ3) is 4.75. The van der Waals surface area contributed by atoms with Crippen molar-refractivity contribution in [1.29, 1.82) is 0 Å². The minimum absolute atomic E-state index is 0.452. The predicted molar refractivity (Wildman–Crippen MR) is 69.0 cm³/mol. The van der Waals surface area contributed by atoms with Gasteiger partial charge in [-0.15, -0.1) is 0 Å². The highest BCUT2D eigenvalue weighted by Gasteiger charge is 2.23. The second-order valence-corrected chi connectivity index (χ2v) is 5.88. The Morgan fingerprint density at radius 2 is 1.82 bits per heavy atom. The second kappa shape index (κ2) is 5.52. The lowest BCUT2D eigenvalue weighted by Crippen LogP contribution is -2.33. The Balaban J connectivity index is 2.54. The molecule has 0 bridgehead atoms. The smallest absolute Gasteiger partial charge is 0.428 e. The van der Waals surface area contributed by atoms with E-state index in [-0.39, 0.29) is 0 Å². The van der Waals surface area contributed by atoms with Crippen LogP contribution in [0.2, 0.25) is 0 Å². The minimum Gasteiger partial charge on any atom is -0.443 e.